The van der Waals surface area contributed by atoms with Gasteiger partial charge >= 0.3 is 0 Å². The van der Waals surface area contributed by atoms with E-state index in [1.54, 1.807) is 28.4 Å². The van der Waals surface area contributed by atoms with Gasteiger partial charge in [-0.2, -0.15) is 0 Å². The van der Waals surface area contributed by atoms with Gasteiger partial charge in [-0.25, -0.2) is 0 Å². The van der Waals surface area contributed by atoms with Crippen LogP contribution < -0.4 is 24.3 Å². The molecule has 29 heavy (non-hydrogen) atoms. The molecule has 1 aliphatic heterocycles. The number of hydrogen-bond acceptors (Lipinski definition) is 6. The van der Waals surface area contributed by atoms with Crippen molar-refractivity contribution in [1.29, 1.82) is 0 Å². The molecule has 6 heteroatoms. The predicted octanol–water partition coefficient (Wildman–Crippen LogP) is 3.36. The van der Waals surface area contributed by atoms with Crippen molar-refractivity contribution >= 4 is 17.9 Å². The summed E-state index contributed by atoms with van der Waals surface area (Å²) in [5, 5.41) is 3.29. The third-order valence-electron chi connectivity index (χ3n) is 4.71. The Kier molecular flexibility index (Phi) is 6.57. The molecule has 0 radical (unpaired) electrons. The van der Waals surface area contributed by atoms with Crippen LogP contribution in [0.15, 0.2) is 47.5 Å². The van der Waals surface area contributed by atoms with Crippen molar-refractivity contribution in [2.24, 2.45) is 0 Å². The van der Waals surface area contributed by atoms with Gasteiger partial charge in [0.25, 0.3) is 0 Å². The van der Waals surface area contributed by atoms with Gasteiger partial charge in [-0.1, -0.05) is 12.1 Å². The Bertz CT molecular complexity index is 886. The summed E-state index contributed by atoms with van der Waals surface area (Å²) in [6.45, 7) is 1.02. The third kappa shape index (κ3) is 4.60. The molecule has 0 saturated carbocycles. The van der Waals surface area contributed by atoms with E-state index in [1.165, 1.54) is 0 Å². The van der Waals surface area contributed by atoms with Gasteiger partial charge in [0.2, 0.25) is 0 Å². The highest BCUT2D eigenvalue weighted by molar-refractivity contribution is 6.14. The second-order valence-electron chi connectivity index (χ2n) is 6.50. The van der Waals surface area contributed by atoms with Gasteiger partial charge in [-0.15, -0.1) is 0 Å². The SMILES string of the molecule is COc1ccc(C=C2CNCC(=Cc3ccc(OC)c(OC)c3)C2=O)cc1OC. The van der Waals surface area contributed by atoms with Gasteiger partial charge in [0.05, 0.1) is 28.4 Å². The average molecular weight is 395 g/mol. The molecule has 0 spiro atoms. The first kappa shape index (κ1) is 20.5. The second kappa shape index (κ2) is 9.30. The number of methoxy groups -OCH3 is 4. The van der Waals surface area contributed by atoms with E-state index in [9.17, 15) is 4.79 Å². The molecule has 0 atom stereocenters. The summed E-state index contributed by atoms with van der Waals surface area (Å²) in [7, 11) is 6.36. The van der Waals surface area contributed by atoms with Crippen LogP contribution in [0, 0.1) is 0 Å². The van der Waals surface area contributed by atoms with Crippen molar-refractivity contribution < 1.29 is 23.7 Å². The van der Waals surface area contributed by atoms with Gasteiger partial charge in [-0.3, -0.25) is 4.79 Å². The highest BCUT2D eigenvalue weighted by atomic mass is 16.5. The minimum absolute atomic E-state index is 0.0216. The first-order valence-electron chi connectivity index (χ1n) is 9.20. The van der Waals surface area contributed by atoms with E-state index in [2.05, 4.69) is 5.32 Å². The Balaban J connectivity index is 1.89. The van der Waals surface area contributed by atoms with E-state index >= 15 is 0 Å². The van der Waals surface area contributed by atoms with Crippen LogP contribution in [0.5, 0.6) is 23.0 Å². The van der Waals surface area contributed by atoms with Crippen LogP contribution in [0.4, 0.5) is 0 Å². The summed E-state index contributed by atoms with van der Waals surface area (Å²) in [5.41, 5.74) is 3.13. The van der Waals surface area contributed by atoms with Crippen molar-refractivity contribution in [3.63, 3.8) is 0 Å². The first-order valence-corrected chi connectivity index (χ1v) is 9.20. The largest absolute Gasteiger partial charge is 0.493 e. The van der Waals surface area contributed by atoms with Gasteiger partial charge in [0, 0.05) is 24.2 Å². The van der Waals surface area contributed by atoms with E-state index in [0.717, 1.165) is 11.1 Å². The number of rotatable bonds is 6. The number of piperidine rings is 1. The Hall–Kier alpha value is -3.25. The standard InChI is InChI=1S/C23H25NO5/c1-26-19-7-5-15(11-21(19)28-3)9-17-13-24-14-18(23(17)25)10-16-6-8-20(27-2)22(12-16)29-4/h5-12,24H,13-14H2,1-4H3. The van der Waals surface area contributed by atoms with Crippen molar-refractivity contribution in [2.75, 3.05) is 41.5 Å². The fourth-order valence-corrected chi connectivity index (χ4v) is 3.22. The number of ether oxygens (including phenoxy) is 4. The van der Waals surface area contributed by atoms with Gasteiger partial charge in [0.1, 0.15) is 0 Å². The zero-order valence-corrected chi connectivity index (χ0v) is 17.1. The van der Waals surface area contributed by atoms with Crippen molar-refractivity contribution in [1.82, 2.24) is 5.32 Å². The van der Waals surface area contributed by atoms with Crippen LogP contribution in [0.2, 0.25) is 0 Å². The maximum absolute atomic E-state index is 13.0. The molecule has 2 aromatic carbocycles. The molecule has 0 amide bonds. The molecule has 152 valence electrons. The van der Waals surface area contributed by atoms with Crippen molar-refractivity contribution in [3.05, 3.63) is 58.7 Å². The number of nitrogens with one attached hydrogen (secondary N) is 1. The molecule has 1 saturated heterocycles. The van der Waals surface area contributed by atoms with Crippen LogP contribution >= 0.6 is 0 Å². The lowest BCUT2D eigenvalue weighted by Gasteiger charge is -2.18. The quantitative estimate of drug-likeness (QED) is 0.757. The first-order chi connectivity index (χ1) is 14.1. The average Bonchev–Trinajstić information content (AvgIpc) is 2.76. The third-order valence-corrected chi connectivity index (χ3v) is 4.71. The predicted molar refractivity (Wildman–Crippen MR) is 113 cm³/mol. The normalized spacial score (nSPS) is 16.8. The molecule has 2 aromatic rings. The number of Topliss-reactive ketones (excluding diaryl/α,β-unsaturated/α-hetero) is 1. The van der Waals surface area contributed by atoms with Crippen LogP contribution in [0.3, 0.4) is 0 Å². The van der Waals surface area contributed by atoms with Gasteiger partial charge < -0.3 is 24.3 Å². The molecule has 1 aliphatic rings. The van der Waals surface area contributed by atoms with Crippen LogP contribution in [0.25, 0.3) is 12.2 Å². The van der Waals surface area contributed by atoms with Gasteiger partial charge in [0.15, 0.2) is 28.8 Å². The second-order valence-corrected chi connectivity index (χ2v) is 6.50. The summed E-state index contributed by atoms with van der Waals surface area (Å²) in [5.74, 6) is 2.57. The molecular weight excluding hydrogens is 370 g/mol. The molecule has 0 aromatic heterocycles. The maximum Gasteiger partial charge on any atom is 0.187 e. The summed E-state index contributed by atoms with van der Waals surface area (Å²) in [4.78, 5) is 13.0. The smallest absolute Gasteiger partial charge is 0.187 e. The van der Waals surface area contributed by atoms with Crippen molar-refractivity contribution in [3.8, 4) is 23.0 Å². The summed E-state index contributed by atoms with van der Waals surface area (Å²) in [6, 6.07) is 11.2. The minimum atomic E-state index is 0.0216. The molecule has 0 aliphatic carbocycles. The molecule has 3 rings (SSSR count). The molecule has 6 nitrogen and oxygen atoms in total. The monoisotopic (exact) mass is 395 g/mol. The Labute approximate surface area is 170 Å². The Morgan fingerprint density at radius 2 is 1.10 bits per heavy atom. The number of carbonyl (C=O) groups is 1. The molecule has 1 heterocycles. The lowest BCUT2D eigenvalue weighted by atomic mass is 9.95. The van der Waals surface area contributed by atoms with E-state index in [-0.39, 0.29) is 5.78 Å². The minimum Gasteiger partial charge on any atom is -0.493 e. The Morgan fingerprint density at radius 3 is 1.48 bits per heavy atom. The lowest BCUT2D eigenvalue weighted by Crippen LogP contribution is -2.32. The zero-order valence-electron chi connectivity index (χ0n) is 17.1. The van der Waals surface area contributed by atoms with Crippen LogP contribution in [-0.4, -0.2) is 47.3 Å². The molecular formula is C23H25NO5. The number of ketones is 1. The number of benzene rings is 2. The van der Waals surface area contributed by atoms with E-state index in [0.29, 0.717) is 47.2 Å². The molecule has 1 fully saturated rings. The zero-order chi connectivity index (χ0) is 20.8. The highest BCUT2D eigenvalue weighted by Crippen LogP contribution is 2.30. The maximum atomic E-state index is 13.0. The van der Waals surface area contributed by atoms with Gasteiger partial charge in [-0.05, 0) is 47.5 Å². The number of carbonyl (C=O) groups excluding carboxylic acids is 1. The van der Waals surface area contributed by atoms with E-state index in [1.807, 2.05) is 48.6 Å². The summed E-state index contributed by atoms with van der Waals surface area (Å²) in [6.07, 6.45) is 3.75. The van der Waals surface area contributed by atoms with Crippen LogP contribution in [0.1, 0.15) is 11.1 Å². The molecule has 0 unspecified atom stereocenters. The Morgan fingerprint density at radius 1 is 0.690 bits per heavy atom. The topological polar surface area (TPSA) is 66.0 Å². The lowest BCUT2D eigenvalue weighted by molar-refractivity contribution is -0.112. The van der Waals surface area contributed by atoms with Crippen LogP contribution in [-0.2, 0) is 4.79 Å². The van der Waals surface area contributed by atoms with Crippen molar-refractivity contribution in [2.45, 2.75) is 0 Å². The summed E-state index contributed by atoms with van der Waals surface area (Å²) < 4.78 is 21.2. The number of hydrogen-bond donors (Lipinski definition) is 1. The molecule has 0 bridgehead atoms. The van der Waals surface area contributed by atoms with E-state index < -0.39 is 0 Å². The highest BCUT2D eigenvalue weighted by Gasteiger charge is 2.20. The molecule has 1 N–H and O–H groups in total. The summed E-state index contributed by atoms with van der Waals surface area (Å²) >= 11 is 0. The fraction of sp³-hybridized carbons (Fsp3) is 0.261. The fourth-order valence-electron chi connectivity index (χ4n) is 3.22. The van der Waals surface area contributed by atoms with E-state index in [4.69, 9.17) is 18.9 Å².